The van der Waals surface area contributed by atoms with Crippen LogP contribution in [0.2, 0.25) is 13.1 Å². The molecule has 6 rings (SSSR count). The molecule has 2 aliphatic rings. The fourth-order valence-electron chi connectivity index (χ4n) is 8.32. The van der Waals surface area contributed by atoms with Crippen LogP contribution in [0.3, 0.4) is 0 Å². The van der Waals surface area contributed by atoms with Crippen LogP contribution in [0.15, 0.2) is 83.9 Å². The maximum absolute atomic E-state index is 8.46. The molecule has 4 aromatic rings. The average molecular weight is 688 g/mol. The summed E-state index contributed by atoms with van der Waals surface area (Å²) in [5, 5.41) is 0. The molecular weight excluding hydrogens is 647 g/mol. The first-order chi connectivity index (χ1) is 19.9. The molecule has 4 heteroatoms. The zero-order chi connectivity index (χ0) is 30.2. The molecule has 0 nitrogen and oxygen atoms in total. The Morgan fingerprint density at radius 2 is 0.857 bits per heavy atom. The summed E-state index contributed by atoms with van der Waals surface area (Å²) in [6, 6.07) is 26.9. The Morgan fingerprint density at radius 3 is 1.19 bits per heavy atom. The molecule has 2 aliphatic carbocycles. The zero-order valence-corrected chi connectivity index (χ0v) is 31.2. The first-order valence-corrected chi connectivity index (χ1v) is 31.5. The molecule has 0 saturated heterocycles. The van der Waals surface area contributed by atoms with E-state index in [9.17, 15) is 0 Å². The molecule has 0 saturated carbocycles. The van der Waals surface area contributed by atoms with Crippen molar-refractivity contribution in [2.24, 2.45) is 0 Å². The van der Waals surface area contributed by atoms with Crippen LogP contribution in [0, 0.1) is 27.7 Å². The van der Waals surface area contributed by atoms with Crippen molar-refractivity contribution >= 4 is 35.1 Å². The van der Waals surface area contributed by atoms with E-state index in [1.807, 2.05) is 0 Å². The van der Waals surface area contributed by atoms with Gasteiger partial charge in [0, 0.05) is 0 Å². The van der Waals surface area contributed by atoms with Gasteiger partial charge in [0.1, 0.15) is 0 Å². The first-order valence-electron chi connectivity index (χ1n) is 15.2. The Kier molecular flexibility index (Phi) is 7.58. The van der Waals surface area contributed by atoms with E-state index in [4.69, 9.17) is 17.0 Å². The second-order valence-electron chi connectivity index (χ2n) is 13.2. The molecule has 4 aromatic carbocycles. The zero-order valence-electron chi connectivity index (χ0n) is 26.1. The Bertz CT molecular complexity index is 1660. The normalized spacial score (nSPS) is 18.8. The summed E-state index contributed by atoms with van der Waals surface area (Å²) in [7, 11) is 16.9. The van der Waals surface area contributed by atoms with Crippen LogP contribution in [-0.4, -0.2) is 5.92 Å². The Morgan fingerprint density at radius 1 is 0.524 bits per heavy atom. The molecule has 2 atom stereocenters. The van der Waals surface area contributed by atoms with Gasteiger partial charge in [-0.05, 0) is 0 Å². The molecule has 0 amide bonds. The summed E-state index contributed by atoms with van der Waals surface area (Å²) in [5.41, 5.74) is 18.5. The summed E-state index contributed by atoms with van der Waals surface area (Å²) in [6.45, 7) is 18.3. The van der Waals surface area contributed by atoms with Crippen LogP contribution in [-0.2, 0) is 15.6 Å². The van der Waals surface area contributed by atoms with Crippen molar-refractivity contribution in [3.05, 3.63) is 128 Å². The van der Waals surface area contributed by atoms with Crippen LogP contribution in [0.25, 0.3) is 34.4 Å². The van der Waals surface area contributed by atoms with Gasteiger partial charge in [-0.25, -0.2) is 0 Å². The molecule has 0 spiro atoms. The molecule has 0 radical (unpaired) electrons. The van der Waals surface area contributed by atoms with E-state index in [1.165, 1.54) is 77.9 Å². The van der Waals surface area contributed by atoms with Crippen molar-refractivity contribution in [1.29, 1.82) is 0 Å². The number of fused-ring (bicyclic) bond motifs is 2. The minimum absolute atomic E-state index is 0.101. The van der Waals surface area contributed by atoms with Crippen LogP contribution in [0.5, 0.6) is 0 Å². The fourth-order valence-corrected chi connectivity index (χ4v) is 41.2. The molecule has 2 unspecified atom stereocenters. The van der Waals surface area contributed by atoms with Gasteiger partial charge in [0.05, 0.1) is 0 Å². The van der Waals surface area contributed by atoms with E-state index in [2.05, 4.69) is 140 Å². The van der Waals surface area contributed by atoms with Crippen LogP contribution < -0.4 is 0 Å². The minimum atomic E-state index is -4.71. The number of benzene rings is 4. The molecular formula is C38H41Cl2SiZr. The van der Waals surface area contributed by atoms with Gasteiger partial charge in [-0.2, -0.15) is 0 Å². The third-order valence-corrected chi connectivity index (χ3v) is 62.5. The van der Waals surface area contributed by atoms with Crippen LogP contribution in [0.1, 0.15) is 65.6 Å². The van der Waals surface area contributed by atoms with Gasteiger partial charge in [0.15, 0.2) is 0 Å². The van der Waals surface area contributed by atoms with Gasteiger partial charge in [0.2, 0.25) is 0 Å². The summed E-state index contributed by atoms with van der Waals surface area (Å²) < 4.78 is 0.202. The second-order valence-corrected chi connectivity index (χ2v) is 55.7. The Balaban J connectivity index is 1.58. The van der Waals surface area contributed by atoms with Crippen molar-refractivity contribution < 1.29 is 15.6 Å². The number of hydrogen-bond donors (Lipinski definition) is 0. The van der Waals surface area contributed by atoms with E-state index >= 15 is 0 Å². The number of hydrogen-bond acceptors (Lipinski definition) is 0. The maximum atomic E-state index is 8.46. The van der Waals surface area contributed by atoms with Crippen molar-refractivity contribution in [3.8, 4) is 22.3 Å². The van der Waals surface area contributed by atoms with Gasteiger partial charge in [-0.3, -0.25) is 0 Å². The quantitative estimate of drug-likeness (QED) is 0.183. The van der Waals surface area contributed by atoms with Gasteiger partial charge in [-0.1, -0.05) is 0 Å². The summed E-state index contributed by atoms with van der Waals surface area (Å²) in [5.74, 6) is -1.58. The predicted molar refractivity (Wildman–Crippen MR) is 186 cm³/mol. The first kappa shape index (κ1) is 30.1. The van der Waals surface area contributed by atoms with E-state index in [-0.39, 0.29) is 7.25 Å². The van der Waals surface area contributed by atoms with Crippen molar-refractivity contribution in [2.45, 2.75) is 61.9 Å². The van der Waals surface area contributed by atoms with E-state index in [1.54, 1.807) is 0 Å². The molecule has 0 heterocycles. The van der Waals surface area contributed by atoms with Crippen molar-refractivity contribution in [2.75, 3.05) is 0 Å². The van der Waals surface area contributed by atoms with E-state index in [0.717, 1.165) is 0 Å². The SMILES string of the molecule is CC1=Cc2c(-c3c(C)cccc3C)cccc2[CH]1[Zr]([Cl])([Cl])([CH]1C(C)=Cc2c(-c3c(C)cccc3C)cccc21)[SiH](C)C. The van der Waals surface area contributed by atoms with Crippen LogP contribution >= 0.6 is 17.0 Å². The topological polar surface area (TPSA) is 0 Å². The third kappa shape index (κ3) is 4.31. The summed E-state index contributed by atoms with van der Waals surface area (Å²) in [6.07, 6.45) is 4.83. The second kappa shape index (κ2) is 10.6. The fraction of sp³-hybridized carbons (Fsp3) is 0.263. The van der Waals surface area contributed by atoms with E-state index < -0.39 is 21.5 Å². The molecule has 215 valence electrons. The van der Waals surface area contributed by atoms with Gasteiger partial charge < -0.3 is 0 Å². The third-order valence-electron chi connectivity index (χ3n) is 10.3. The number of rotatable bonds is 5. The number of halogens is 2. The summed E-state index contributed by atoms with van der Waals surface area (Å²) in [4.78, 5) is 0. The van der Waals surface area contributed by atoms with Crippen molar-refractivity contribution in [3.63, 3.8) is 0 Å². The van der Waals surface area contributed by atoms with Crippen molar-refractivity contribution in [1.82, 2.24) is 0 Å². The molecule has 0 bridgehead atoms. The molecule has 0 fully saturated rings. The summed E-state index contributed by atoms with van der Waals surface area (Å²) >= 11 is -4.71. The monoisotopic (exact) mass is 685 g/mol. The average Bonchev–Trinajstić information content (AvgIpc) is 3.46. The van der Waals surface area contributed by atoms with Gasteiger partial charge in [-0.15, -0.1) is 0 Å². The Hall–Kier alpha value is -1.96. The van der Waals surface area contributed by atoms with Gasteiger partial charge in [0.25, 0.3) is 0 Å². The standard InChI is InChI=1S/2C18H17.C2H7Si.2ClH.Zr/c2*1-12-10-15-8-5-9-16(17(15)11-12)18-13(2)6-4-7-14(18)3;1-3-2;;;/h2*4-11H,1-3H3;3H,1-2H3;2*1H;/q;;;;;+2/p-2. The molecule has 42 heavy (non-hydrogen) atoms. The predicted octanol–water partition coefficient (Wildman–Crippen LogP) is 11.9. The molecule has 0 aliphatic heterocycles. The van der Waals surface area contributed by atoms with E-state index in [0.29, 0.717) is 0 Å². The number of allylic oxidation sites excluding steroid dienone is 2. The van der Waals surface area contributed by atoms with Gasteiger partial charge >= 0.3 is 263 Å². The number of aryl methyl sites for hydroxylation is 4. The molecule has 0 N–H and O–H groups in total. The van der Waals surface area contributed by atoms with Crippen LogP contribution in [0.4, 0.5) is 0 Å². The molecule has 0 aromatic heterocycles. The Labute approximate surface area is 261 Å².